The van der Waals surface area contributed by atoms with Gasteiger partial charge in [-0.25, -0.2) is 0 Å². The van der Waals surface area contributed by atoms with Crippen LogP contribution in [0.2, 0.25) is 0 Å². The summed E-state index contributed by atoms with van der Waals surface area (Å²) in [5.41, 5.74) is 0. The third-order valence-corrected chi connectivity index (χ3v) is 4.52. The van der Waals surface area contributed by atoms with Gasteiger partial charge in [-0.3, -0.25) is 4.79 Å². The molecule has 0 amide bonds. The summed E-state index contributed by atoms with van der Waals surface area (Å²) >= 11 is 0. The Morgan fingerprint density at radius 1 is 1.11 bits per heavy atom. The predicted molar refractivity (Wildman–Crippen MR) is 70.3 cm³/mol. The van der Waals surface area contributed by atoms with Gasteiger partial charge in [0.05, 0.1) is 0 Å². The molecule has 18 heavy (non-hydrogen) atoms. The van der Waals surface area contributed by atoms with Crippen molar-refractivity contribution in [1.82, 2.24) is 0 Å². The predicted octanol–water partition coefficient (Wildman–Crippen LogP) is 3.32. The van der Waals surface area contributed by atoms with Crippen LogP contribution in [0.5, 0.6) is 0 Å². The molecule has 0 bridgehead atoms. The van der Waals surface area contributed by atoms with Crippen molar-refractivity contribution >= 4 is 5.97 Å². The lowest BCUT2D eigenvalue weighted by Gasteiger charge is -2.38. The van der Waals surface area contributed by atoms with Crippen LogP contribution in [-0.2, 0) is 14.3 Å². The molecule has 0 aliphatic heterocycles. The first-order chi connectivity index (χ1) is 8.79. The van der Waals surface area contributed by atoms with E-state index in [4.69, 9.17) is 9.47 Å². The van der Waals surface area contributed by atoms with E-state index in [0.717, 1.165) is 31.1 Å². The molecule has 2 fully saturated rings. The fourth-order valence-corrected chi connectivity index (χ4v) is 3.54. The lowest BCUT2D eigenvalue weighted by Crippen LogP contribution is -2.33. The van der Waals surface area contributed by atoms with E-state index in [0.29, 0.717) is 13.0 Å². The number of carbonyl (C=O) groups excluding carboxylic acids is 1. The highest BCUT2D eigenvalue weighted by Crippen LogP contribution is 2.41. The molecule has 0 aromatic carbocycles. The quantitative estimate of drug-likeness (QED) is 0.557. The molecule has 2 aliphatic rings. The smallest absolute Gasteiger partial charge is 0.306 e. The Morgan fingerprint density at radius 2 is 1.89 bits per heavy atom. The minimum atomic E-state index is -0.0358. The zero-order valence-electron chi connectivity index (χ0n) is 11.5. The van der Waals surface area contributed by atoms with Crippen molar-refractivity contribution in [3.8, 4) is 0 Å². The number of methoxy groups -OCH3 is 1. The van der Waals surface area contributed by atoms with Crippen LogP contribution in [0.1, 0.15) is 57.8 Å². The van der Waals surface area contributed by atoms with E-state index in [9.17, 15) is 4.79 Å². The molecule has 2 saturated carbocycles. The molecule has 0 N–H and O–H groups in total. The minimum absolute atomic E-state index is 0.0358. The molecule has 0 spiro atoms. The third-order valence-electron chi connectivity index (χ3n) is 4.52. The second-order valence-corrected chi connectivity index (χ2v) is 5.83. The van der Waals surface area contributed by atoms with Gasteiger partial charge in [0.1, 0.15) is 6.10 Å². The van der Waals surface area contributed by atoms with Crippen LogP contribution in [0.15, 0.2) is 0 Å². The monoisotopic (exact) mass is 254 g/mol. The van der Waals surface area contributed by atoms with Gasteiger partial charge < -0.3 is 9.47 Å². The standard InChI is InChI=1S/C15H26O3/c1-17-10-4-7-15(16)18-14-9-8-12-5-2-3-6-13(12)11-14/h12-14H,2-11H2,1H3/t12-,13-,14+/m0/s1. The van der Waals surface area contributed by atoms with E-state index in [2.05, 4.69) is 0 Å². The fraction of sp³-hybridized carbons (Fsp3) is 0.933. The summed E-state index contributed by atoms with van der Waals surface area (Å²) in [5.74, 6) is 1.71. The maximum absolute atomic E-state index is 11.7. The van der Waals surface area contributed by atoms with Crippen LogP contribution in [-0.4, -0.2) is 25.8 Å². The summed E-state index contributed by atoms with van der Waals surface area (Å²) in [6, 6.07) is 0. The van der Waals surface area contributed by atoms with Crippen molar-refractivity contribution in [2.75, 3.05) is 13.7 Å². The number of fused-ring (bicyclic) bond motifs is 1. The average molecular weight is 254 g/mol. The van der Waals surface area contributed by atoms with Crippen LogP contribution < -0.4 is 0 Å². The first-order valence-corrected chi connectivity index (χ1v) is 7.48. The second-order valence-electron chi connectivity index (χ2n) is 5.83. The molecule has 2 rings (SSSR count). The number of carbonyl (C=O) groups is 1. The summed E-state index contributed by atoms with van der Waals surface area (Å²) < 4.78 is 10.5. The molecule has 0 unspecified atom stereocenters. The molecule has 0 saturated heterocycles. The van der Waals surface area contributed by atoms with E-state index in [1.807, 2.05) is 0 Å². The highest BCUT2D eigenvalue weighted by molar-refractivity contribution is 5.69. The van der Waals surface area contributed by atoms with E-state index < -0.39 is 0 Å². The normalized spacial score (nSPS) is 31.7. The Hall–Kier alpha value is -0.570. The van der Waals surface area contributed by atoms with Crippen molar-refractivity contribution < 1.29 is 14.3 Å². The van der Waals surface area contributed by atoms with Crippen LogP contribution in [0, 0.1) is 11.8 Å². The Bertz CT molecular complexity index is 264. The molecule has 2 aliphatic carbocycles. The topological polar surface area (TPSA) is 35.5 Å². The number of hydrogen-bond acceptors (Lipinski definition) is 3. The summed E-state index contributed by atoms with van der Waals surface area (Å²) in [7, 11) is 1.66. The molecule has 3 nitrogen and oxygen atoms in total. The van der Waals surface area contributed by atoms with Crippen molar-refractivity contribution in [2.45, 2.75) is 63.9 Å². The Labute approximate surface area is 110 Å². The lowest BCUT2D eigenvalue weighted by atomic mass is 9.70. The molecule has 0 radical (unpaired) electrons. The summed E-state index contributed by atoms with van der Waals surface area (Å²) in [6.07, 6.45) is 10.4. The maximum Gasteiger partial charge on any atom is 0.306 e. The zero-order chi connectivity index (χ0) is 12.8. The highest BCUT2D eigenvalue weighted by atomic mass is 16.5. The molecular weight excluding hydrogens is 228 g/mol. The molecule has 0 aromatic rings. The number of esters is 1. The van der Waals surface area contributed by atoms with E-state index >= 15 is 0 Å². The molecule has 104 valence electrons. The van der Waals surface area contributed by atoms with E-state index in [1.54, 1.807) is 7.11 Å². The molecule has 3 heteroatoms. The van der Waals surface area contributed by atoms with E-state index in [-0.39, 0.29) is 12.1 Å². The number of rotatable bonds is 5. The average Bonchev–Trinajstić information content (AvgIpc) is 2.39. The van der Waals surface area contributed by atoms with Gasteiger partial charge in [0.2, 0.25) is 0 Å². The molecule has 0 heterocycles. The largest absolute Gasteiger partial charge is 0.462 e. The van der Waals surface area contributed by atoms with Crippen molar-refractivity contribution in [3.63, 3.8) is 0 Å². The lowest BCUT2D eigenvalue weighted by molar-refractivity contribution is -0.152. The maximum atomic E-state index is 11.7. The summed E-state index contributed by atoms with van der Waals surface area (Å²) in [4.78, 5) is 11.7. The van der Waals surface area contributed by atoms with Crippen LogP contribution in [0.25, 0.3) is 0 Å². The number of hydrogen-bond donors (Lipinski definition) is 0. The van der Waals surface area contributed by atoms with Gasteiger partial charge in [0.15, 0.2) is 0 Å². The molecule has 0 aromatic heterocycles. The van der Waals surface area contributed by atoms with Gasteiger partial charge in [-0.2, -0.15) is 0 Å². The summed E-state index contributed by atoms with van der Waals surface area (Å²) in [5, 5.41) is 0. The van der Waals surface area contributed by atoms with Gasteiger partial charge in [0.25, 0.3) is 0 Å². The minimum Gasteiger partial charge on any atom is -0.462 e. The van der Waals surface area contributed by atoms with Crippen LogP contribution >= 0.6 is 0 Å². The van der Waals surface area contributed by atoms with Gasteiger partial charge in [-0.05, 0) is 37.5 Å². The zero-order valence-corrected chi connectivity index (χ0v) is 11.5. The van der Waals surface area contributed by atoms with Gasteiger partial charge >= 0.3 is 5.97 Å². The summed E-state index contributed by atoms with van der Waals surface area (Å²) in [6.45, 7) is 0.643. The van der Waals surface area contributed by atoms with Crippen molar-refractivity contribution in [3.05, 3.63) is 0 Å². The van der Waals surface area contributed by atoms with Crippen LogP contribution in [0.3, 0.4) is 0 Å². The first kappa shape index (κ1) is 13.9. The first-order valence-electron chi connectivity index (χ1n) is 7.48. The molecule has 3 atom stereocenters. The number of ether oxygens (including phenoxy) is 2. The van der Waals surface area contributed by atoms with Gasteiger partial charge in [-0.15, -0.1) is 0 Å². The Balaban J connectivity index is 1.69. The van der Waals surface area contributed by atoms with E-state index in [1.165, 1.54) is 32.1 Å². The third kappa shape index (κ3) is 3.98. The van der Waals surface area contributed by atoms with Crippen molar-refractivity contribution in [2.24, 2.45) is 11.8 Å². The second kappa shape index (κ2) is 7.13. The van der Waals surface area contributed by atoms with Gasteiger partial charge in [0, 0.05) is 20.1 Å². The van der Waals surface area contributed by atoms with Gasteiger partial charge in [-0.1, -0.05) is 25.7 Å². The SMILES string of the molecule is COCCCC(=O)O[C@@H]1CC[C@@H]2CCCC[C@H]2C1. The Morgan fingerprint density at radius 3 is 2.67 bits per heavy atom. The highest BCUT2D eigenvalue weighted by Gasteiger charge is 2.33. The van der Waals surface area contributed by atoms with Crippen LogP contribution in [0.4, 0.5) is 0 Å². The van der Waals surface area contributed by atoms with Crippen molar-refractivity contribution in [1.29, 1.82) is 0 Å². The Kier molecular flexibility index (Phi) is 5.48. The molecular formula is C15H26O3. The fourth-order valence-electron chi connectivity index (χ4n) is 3.54.